The van der Waals surface area contributed by atoms with Crippen LogP contribution in [0.1, 0.15) is 47.2 Å². The summed E-state index contributed by atoms with van der Waals surface area (Å²) in [6.07, 6.45) is 0.0869. The maximum absolute atomic E-state index is 12.6. The number of alkyl halides is 3. The Morgan fingerprint density at radius 1 is 1.00 bits per heavy atom. The molecule has 3 aromatic rings. The van der Waals surface area contributed by atoms with E-state index >= 15 is 0 Å². The second-order valence-electron chi connectivity index (χ2n) is 10.2. The third-order valence-electron chi connectivity index (χ3n) is 6.98. The van der Waals surface area contributed by atoms with E-state index in [4.69, 9.17) is 10.8 Å². The van der Waals surface area contributed by atoms with Crippen LogP contribution in [0, 0.1) is 0 Å². The van der Waals surface area contributed by atoms with Crippen LogP contribution in [0.3, 0.4) is 0 Å². The van der Waals surface area contributed by atoms with Crippen molar-refractivity contribution in [1.82, 2.24) is 5.32 Å². The van der Waals surface area contributed by atoms with Gasteiger partial charge in [0.05, 0.1) is 19.8 Å². The summed E-state index contributed by atoms with van der Waals surface area (Å²) in [7, 11) is 0. The van der Waals surface area contributed by atoms with Crippen LogP contribution in [0.4, 0.5) is 24.5 Å². The minimum absolute atomic E-state index is 0.0830. The number of aliphatic imine (C=N–C) groups is 1. The number of hydrogen-bond donors (Lipinski definition) is 5. The van der Waals surface area contributed by atoms with E-state index in [1.54, 1.807) is 24.3 Å². The van der Waals surface area contributed by atoms with Crippen molar-refractivity contribution in [2.45, 2.75) is 44.7 Å². The standard InChI is InChI=1S/C32H34F3N5O5/c33-32(34,35)45-27-16-12-25(13-17-27)39-31(38-20-36)40(26-14-10-23(11-15-26)22-4-2-1-3-5-22)19-21-6-8-24(9-7-21)29(42)37-18-28(41)30(43)44/h4,6-17,28,41H,1-3,5,18-20,36H2,(H,37,42)(H,38,39)(H,43,44)/t28-/m1/s1. The zero-order valence-corrected chi connectivity index (χ0v) is 24.3. The second kappa shape index (κ2) is 15.2. The lowest BCUT2D eigenvalue weighted by Gasteiger charge is -2.28. The number of nitrogens with one attached hydrogen (secondary N) is 2. The number of guanidine groups is 1. The molecule has 0 radical (unpaired) electrons. The van der Waals surface area contributed by atoms with Gasteiger partial charge in [-0.25, -0.2) is 9.79 Å². The Morgan fingerprint density at radius 3 is 2.27 bits per heavy atom. The minimum Gasteiger partial charge on any atom is -0.479 e. The Morgan fingerprint density at radius 2 is 1.69 bits per heavy atom. The zero-order valence-electron chi connectivity index (χ0n) is 24.3. The van der Waals surface area contributed by atoms with Crippen LogP contribution in [0.5, 0.6) is 5.75 Å². The quantitative estimate of drug-likeness (QED) is 0.146. The van der Waals surface area contributed by atoms with Gasteiger partial charge in [-0.05, 0) is 90.9 Å². The van der Waals surface area contributed by atoms with Gasteiger partial charge in [0.25, 0.3) is 5.91 Å². The molecule has 0 aromatic heterocycles. The number of halogens is 3. The number of nitrogens with two attached hydrogens (primary N) is 1. The molecule has 3 aromatic carbocycles. The topological polar surface area (TPSA) is 150 Å². The highest BCUT2D eigenvalue weighted by molar-refractivity contribution is 6.05. The molecule has 238 valence electrons. The first-order valence-electron chi connectivity index (χ1n) is 14.2. The molecule has 1 atom stereocenters. The number of carbonyl (C=O) groups is 2. The molecule has 13 heteroatoms. The molecule has 1 amide bonds. The molecule has 0 heterocycles. The number of hydrogen-bond acceptors (Lipinski definition) is 6. The zero-order chi connectivity index (χ0) is 32.4. The molecule has 10 nitrogen and oxygen atoms in total. The number of aliphatic hydroxyl groups excluding tert-OH is 1. The maximum atomic E-state index is 12.6. The van der Waals surface area contributed by atoms with Crippen molar-refractivity contribution in [3.8, 4) is 5.75 Å². The average molecular weight is 626 g/mol. The Balaban J connectivity index is 1.59. The molecule has 0 bridgehead atoms. The second-order valence-corrected chi connectivity index (χ2v) is 10.2. The van der Waals surface area contributed by atoms with Gasteiger partial charge in [-0.3, -0.25) is 4.79 Å². The Kier molecular flexibility index (Phi) is 11.2. The molecular weight excluding hydrogens is 591 g/mol. The smallest absolute Gasteiger partial charge is 0.479 e. The van der Waals surface area contributed by atoms with E-state index in [-0.39, 0.29) is 24.5 Å². The lowest BCUT2D eigenvalue weighted by Crippen LogP contribution is -2.37. The molecule has 1 aliphatic carbocycles. The summed E-state index contributed by atoms with van der Waals surface area (Å²) in [6.45, 7) is -0.256. The first kappa shape index (κ1) is 33.0. The molecule has 0 aliphatic heterocycles. The van der Waals surface area contributed by atoms with E-state index in [9.17, 15) is 27.9 Å². The molecule has 1 aliphatic rings. The number of nitrogens with zero attached hydrogens (tertiary/aromatic N) is 2. The van der Waals surface area contributed by atoms with Crippen LogP contribution >= 0.6 is 0 Å². The van der Waals surface area contributed by atoms with Crippen molar-refractivity contribution < 1.29 is 37.7 Å². The van der Waals surface area contributed by atoms with Gasteiger partial charge < -0.3 is 36.2 Å². The van der Waals surface area contributed by atoms with Crippen LogP contribution in [0.2, 0.25) is 0 Å². The number of carboxylic acid groups (broad SMARTS) is 1. The van der Waals surface area contributed by atoms with Gasteiger partial charge in [0.2, 0.25) is 5.96 Å². The minimum atomic E-state index is -4.81. The van der Waals surface area contributed by atoms with Crippen LogP contribution < -0.4 is 26.0 Å². The highest BCUT2D eigenvalue weighted by Crippen LogP contribution is 2.29. The fourth-order valence-corrected chi connectivity index (χ4v) is 4.71. The monoisotopic (exact) mass is 625 g/mol. The van der Waals surface area contributed by atoms with Gasteiger partial charge in [0.15, 0.2) is 6.10 Å². The molecule has 0 fully saturated rings. The molecule has 0 unspecified atom stereocenters. The summed E-state index contributed by atoms with van der Waals surface area (Å²) in [5.74, 6) is -2.02. The van der Waals surface area contributed by atoms with E-state index in [0.29, 0.717) is 11.6 Å². The highest BCUT2D eigenvalue weighted by atomic mass is 19.4. The van der Waals surface area contributed by atoms with E-state index < -0.39 is 30.9 Å². The number of aliphatic hydroxyl groups is 1. The van der Waals surface area contributed by atoms with E-state index in [1.807, 2.05) is 29.2 Å². The summed E-state index contributed by atoms with van der Waals surface area (Å²) in [5.41, 5.74) is 10.5. The number of anilines is 2. The SMILES string of the molecule is NC/N=C(/Nc1ccc(OC(F)(F)F)cc1)N(Cc1ccc(C(=O)NC[C@@H](O)C(=O)O)cc1)c1ccc(C2=CCCCC2)cc1. The number of amides is 1. The third kappa shape index (κ3) is 9.81. The number of benzene rings is 3. The van der Waals surface area contributed by atoms with Gasteiger partial charge in [-0.2, -0.15) is 0 Å². The molecule has 0 saturated heterocycles. The van der Waals surface area contributed by atoms with Crippen LogP contribution in [-0.2, 0) is 11.3 Å². The fourth-order valence-electron chi connectivity index (χ4n) is 4.71. The van der Waals surface area contributed by atoms with Gasteiger partial charge in [0.1, 0.15) is 5.75 Å². The first-order chi connectivity index (χ1) is 21.5. The number of carbonyl (C=O) groups excluding carboxylic acids is 1. The summed E-state index contributed by atoms with van der Waals surface area (Å²) in [4.78, 5) is 29.5. The van der Waals surface area contributed by atoms with E-state index in [2.05, 4.69) is 26.4 Å². The summed E-state index contributed by atoms with van der Waals surface area (Å²) in [5, 5.41) is 23.8. The maximum Gasteiger partial charge on any atom is 0.573 e. The molecule has 4 rings (SSSR count). The number of ether oxygens (including phenoxy) is 1. The Bertz CT molecular complexity index is 1510. The largest absolute Gasteiger partial charge is 0.573 e. The van der Waals surface area contributed by atoms with Gasteiger partial charge in [0, 0.05) is 16.9 Å². The highest BCUT2D eigenvalue weighted by Gasteiger charge is 2.31. The van der Waals surface area contributed by atoms with Crippen LogP contribution in [0.15, 0.2) is 83.9 Å². The van der Waals surface area contributed by atoms with Crippen molar-refractivity contribution in [3.63, 3.8) is 0 Å². The van der Waals surface area contributed by atoms with E-state index in [0.717, 1.165) is 36.1 Å². The van der Waals surface area contributed by atoms with Crippen molar-refractivity contribution in [2.75, 3.05) is 23.4 Å². The molecule has 6 N–H and O–H groups in total. The molecule has 0 spiro atoms. The molecular formula is C32H34F3N5O5. The lowest BCUT2D eigenvalue weighted by molar-refractivity contribution is -0.274. The average Bonchev–Trinajstić information content (AvgIpc) is 3.03. The summed E-state index contributed by atoms with van der Waals surface area (Å²) < 4.78 is 41.9. The van der Waals surface area contributed by atoms with Crippen molar-refractivity contribution >= 4 is 34.8 Å². The number of allylic oxidation sites excluding steroid dienone is 2. The third-order valence-corrected chi connectivity index (χ3v) is 6.98. The number of carboxylic acids is 1. The van der Waals surface area contributed by atoms with Crippen LogP contribution in [-0.4, -0.2) is 53.7 Å². The van der Waals surface area contributed by atoms with Gasteiger partial charge >= 0.3 is 12.3 Å². The summed E-state index contributed by atoms with van der Waals surface area (Å²) >= 11 is 0. The van der Waals surface area contributed by atoms with Crippen molar-refractivity contribution in [3.05, 3.63) is 95.6 Å². The fraction of sp³-hybridized carbons (Fsp3) is 0.281. The van der Waals surface area contributed by atoms with Gasteiger partial charge in [-0.15, -0.1) is 13.2 Å². The Hall–Kier alpha value is -4.88. The molecule has 45 heavy (non-hydrogen) atoms. The predicted molar refractivity (Wildman–Crippen MR) is 165 cm³/mol. The normalized spacial score (nSPS) is 14.2. The van der Waals surface area contributed by atoms with E-state index in [1.165, 1.54) is 36.3 Å². The lowest BCUT2D eigenvalue weighted by atomic mass is 9.93. The van der Waals surface area contributed by atoms with Crippen LogP contribution in [0.25, 0.3) is 5.57 Å². The first-order valence-corrected chi connectivity index (χ1v) is 14.2. The summed E-state index contributed by atoms with van der Waals surface area (Å²) in [6, 6.07) is 19.8. The molecule has 0 saturated carbocycles. The van der Waals surface area contributed by atoms with Gasteiger partial charge in [-0.1, -0.05) is 30.3 Å². The number of aliphatic carboxylic acids is 1. The Labute approximate surface area is 258 Å². The predicted octanol–water partition coefficient (Wildman–Crippen LogP) is 5.11. The number of rotatable bonds is 11. The van der Waals surface area contributed by atoms with Crippen molar-refractivity contribution in [1.29, 1.82) is 0 Å². The van der Waals surface area contributed by atoms with Crippen molar-refractivity contribution in [2.24, 2.45) is 10.7 Å².